The Morgan fingerprint density at radius 1 is 0.783 bits per heavy atom. The van der Waals surface area contributed by atoms with Crippen molar-refractivity contribution in [2.45, 2.75) is 38.8 Å². The lowest BCUT2D eigenvalue weighted by molar-refractivity contribution is -0.137. The molecule has 0 spiro atoms. The molecule has 0 aliphatic heterocycles. The van der Waals surface area contributed by atoms with E-state index >= 15 is 0 Å². The topological polar surface area (TPSA) is 40.5 Å². The zero-order valence-electron chi connectivity index (χ0n) is 13.5. The molecule has 0 radical (unpaired) electrons. The van der Waals surface area contributed by atoms with E-state index in [1.54, 1.807) is 0 Å². The molecule has 0 heterocycles. The van der Waals surface area contributed by atoms with Crippen molar-refractivity contribution in [2.75, 3.05) is 6.54 Å². The third-order valence-corrected chi connectivity index (χ3v) is 3.86. The first kappa shape index (κ1) is 17.2. The summed E-state index contributed by atoms with van der Waals surface area (Å²) in [4.78, 5) is 13.0. The molecule has 23 heavy (non-hydrogen) atoms. The van der Waals surface area contributed by atoms with Crippen molar-refractivity contribution in [2.24, 2.45) is 0 Å². The van der Waals surface area contributed by atoms with E-state index in [-0.39, 0.29) is 6.42 Å². The second-order valence-electron chi connectivity index (χ2n) is 5.89. The lowest BCUT2D eigenvalue weighted by atomic mass is 10.1. The van der Waals surface area contributed by atoms with Gasteiger partial charge in [-0.15, -0.1) is 0 Å². The van der Waals surface area contributed by atoms with Crippen molar-refractivity contribution >= 4 is 5.97 Å². The van der Waals surface area contributed by atoms with Crippen LogP contribution in [-0.4, -0.2) is 22.5 Å². The molecule has 0 fully saturated rings. The molecule has 2 aromatic carbocycles. The predicted octanol–water partition coefficient (Wildman–Crippen LogP) is 4.33. The first-order valence-corrected chi connectivity index (χ1v) is 8.26. The van der Waals surface area contributed by atoms with Crippen LogP contribution in [-0.2, 0) is 17.9 Å². The fourth-order valence-electron chi connectivity index (χ4n) is 2.69. The third-order valence-electron chi connectivity index (χ3n) is 3.86. The number of benzene rings is 2. The van der Waals surface area contributed by atoms with E-state index in [0.717, 1.165) is 38.9 Å². The number of carboxylic acids is 1. The van der Waals surface area contributed by atoms with Gasteiger partial charge in [0, 0.05) is 19.5 Å². The number of aliphatic carboxylic acids is 1. The highest BCUT2D eigenvalue weighted by Gasteiger charge is 2.07. The Kier molecular flexibility index (Phi) is 7.34. The second kappa shape index (κ2) is 9.80. The Morgan fingerprint density at radius 2 is 1.30 bits per heavy atom. The van der Waals surface area contributed by atoms with Gasteiger partial charge in [0.05, 0.1) is 0 Å². The van der Waals surface area contributed by atoms with E-state index in [4.69, 9.17) is 5.11 Å². The lowest BCUT2D eigenvalue weighted by Crippen LogP contribution is -2.24. The van der Waals surface area contributed by atoms with Gasteiger partial charge < -0.3 is 5.11 Å². The molecule has 0 unspecified atom stereocenters. The number of hydrogen-bond donors (Lipinski definition) is 1. The first-order chi connectivity index (χ1) is 11.2. The number of hydrogen-bond acceptors (Lipinski definition) is 2. The molecule has 3 nitrogen and oxygen atoms in total. The fourth-order valence-corrected chi connectivity index (χ4v) is 2.69. The summed E-state index contributed by atoms with van der Waals surface area (Å²) in [7, 11) is 0. The van der Waals surface area contributed by atoms with E-state index in [0.29, 0.717) is 0 Å². The van der Waals surface area contributed by atoms with Crippen LogP contribution in [0.1, 0.15) is 36.8 Å². The minimum absolute atomic E-state index is 0.275. The van der Waals surface area contributed by atoms with Gasteiger partial charge in [-0.1, -0.05) is 67.1 Å². The molecule has 0 amide bonds. The van der Waals surface area contributed by atoms with Crippen LogP contribution in [0.2, 0.25) is 0 Å². The first-order valence-electron chi connectivity index (χ1n) is 8.26. The van der Waals surface area contributed by atoms with Crippen molar-refractivity contribution < 1.29 is 9.90 Å². The molecule has 2 aromatic rings. The van der Waals surface area contributed by atoms with Crippen LogP contribution >= 0.6 is 0 Å². The summed E-state index contributed by atoms with van der Waals surface area (Å²) in [6.45, 7) is 2.84. The van der Waals surface area contributed by atoms with Crippen molar-refractivity contribution in [1.82, 2.24) is 4.90 Å². The highest BCUT2D eigenvalue weighted by Crippen LogP contribution is 2.12. The van der Waals surface area contributed by atoms with Crippen LogP contribution in [0.25, 0.3) is 0 Å². The van der Waals surface area contributed by atoms with Crippen molar-refractivity contribution in [3.05, 3.63) is 71.8 Å². The number of rotatable bonds is 10. The molecule has 122 valence electrons. The van der Waals surface area contributed by atoms with Gasteiger partial charge in [-0.3, -0.25) is 9.69 Å². The van der Waals surface area contributed by atoms with Gasteiger partial charge >= 0.3 is 5.97 Å². The van der Waals surface area contributed by atoms with Crippen molar-refractivity contribution in [1.29, 1.82) is 0 Å². The molecule has 0 aliphatic carbocycles. The molecular formula is C20H25NO2. The highest BCUT2D eigenvalue weighted by atomic mass is 16.4. The molecule has 0 saturated carbocycles. The second-order valence-corrected chi connectivity index (χ2v) is 5.89. The molecule has 0 saturated heterocycles. The maximum atomic E-state index is 10.6. The summed E-state index contributed by atoms with van der Waals surface area (Å²) < 4.78 is 0. The quantitative estimate of drug-likeness (QED) is 0.664. The molecule has 0 aromatic heterocycles. The Balaban J connectivity index is 1.87. The summed E-state index contributed by atoms with van der Waals surface area (Å²) >= 11 is 0. The maximum absolute atomic E-state index is 10.6. The SMILES string of the molecule is O=C(O)CCCCCN(Cc1ccccc1)Cc1ccccc1. The highest BCUT2D eigenvalue weighted by molar-refractivity contribution is 5.66. The van der Waals surface area contributed by atoms with Gasteiger partial charge in [-0.25, -0.2) is 0 Å². The molecule has 2 rings (SSSR count). The van der Waals surface area contributed by atoms with E-state index in [9.17, 15) is 4.79 Å². The van der Waals surface area contributed by atoms with Crippen LogP contribution < -0.4 is 0 Å². The van der Waals surface area contributed by atoms with Crippen molar-refractivity contribution in [3.63, 3.8) is 0 Å². The summed E-state index contributed by atoms with van der Waals surface area (Å²) in [5, 5.41) is 8.70. The van der Waals surface area contributed by atoms with Gasteiger partial charge in [0.15, 0.2) is 0 Å². The van der Waals surface area contributed by atoms with Crippen LogP contribution in [0, 0.1) is 0 Å². The van der Waals surface area contributed by atoms with E-state index < -0.39 is 5.97 Å². The standard InChI is InChI=1S/C20H25NO2/c22-20(23)14-8-3-9-15-21(16-18-10-4-1-5-11-18)17-19-12-6-2-7-13-19/h1-2,4-7,10-13H,3,8-9,14-17H2,(H,22,23). The Morgan fingerprint density at radius 3 is 1.78 bits per heavy atom. The minimum Gasteiger partial charge on any atom is -0.481 e. The molecule has 0 atom stereocenters. The average Bonchev–Trinajstić information content (AvgIpc) is 2.56. The summed E-state index contributed by atoms with van der Waals surface area (Å²) in [5.41, 5.74) is 2.63. The van der Waals surface area contributed by atoms with Gasteiger partial charge in [-0.05, 0) is 30.5 Å². The van der Waals surface area contributed by atoms with Crippen LogP contribution in [0.3, 0.4) is 0 Å². The fraction of sp³-hybridized carbons (Fsp3) is 0.350. The smallest absolute Gasteiger partial charge is 0.303 e. The van der Waals surface area contributed by atoms with Gasteiger partial charge in [0.25, 0.3) is 0 Å². The predicted molar refractivity (Wildman–Crippen MR) is 93.1 cm³/mol. The lowest BCUT2D eigenvalue weighted by Gasteiger charge is -2.22. The average molecular weight is 311 g/mol. The molecule has 3 heteroatoms. The zero-order valence-corrected chi connectivity index (χ0v) is 13.5. The summed E-state index contributed by atoms with van der Waals surface area (Å²) in [6.07, 6.45) is 3.04. The number of carboxylic acid groups (broad SMARTS) is 1. The summed E-state index contributed by atoms with van der Waals surface area (Å²) in [6, 6.07) is 21.0. The van der Waals surface area contributed by atoms with Gasteiger partial charge in [0.2, 0.25) is 0 Å². The van der Waals surface area contributed by atoms with Gasteiger partial charge in [-0.2, -0.15) is 0 Å². The summed E-state index contributed by atoms with van der Waals surface area (Å²) in [5.74, 6) is -0.699. The van der Waals surface area contributed by atoms with E-state index in [2.05, 4.69) is 53.4 Å². The molecular weight excluding hydrogens is 286 g/mol. The number of nitrogens with zero attached hydrogens (tertiary/aromatic N) is 1. The van der Waals surface area contributed by atoms with Crippen LogP contribution in [0.15, 0.2) is 60.7 Å². The van der Waals surface area contributed by atoms with Crippen molar-refractivity contribution in [3.8, 4) is 0 Å². The Bertz CT molecular complexity index is 527. The normalized spacial score (nSPS) is 10.8. The largest absolute Gasteiger partial charge is 0.481 e. The number of unbranched alkanes of at least 4 members (excludes halogenated alkanes) is 2. The molecule has 0 aliphatic rings. The third kappa shape index (κ3) is 7.11. The van der Waals surface area contributed by atoms with Crippen LogP contribution in [0.4, 0.5) is 0 Å². The maximum Gasteiger partial charge on any atom is 0.303 e. The minimum atomic E-state index is -0.699. The molecule has 1 N–H and O–H groups in total. The van der Waals surface area contributed by atoms with E-state index in [1.165, 1.54) is 11.1 Å². The van der Waals surface area contributed by atoms with Crippen LogP contribution in [0.5, 0.6) is 0 Å². The van der Waals surface area contributed by atoms with Gasteiger partial charge in [0.1, 0.15) is 0 Å². The Hall–Kier alpha value is -2.13. The molecule has 0 bridgehead atoms. The monoisotopic (exact) mass is 311 g/mol. The number of carbonyl (C=O) groups is 1. The Labute approximate surface area is 138 Å². The zero-order chi connectivity index (χ0) is 16.3. The van der Waals surface area contributed by atoms with E-state index in [1.807, 2.05) is 12.1 Å².